The second-order valence-electron chi connectivity index (χ2n) is 5.72. The van der Waals surface area contributed by atoms with Crippen molar-refractivity contribution in [3.63, 3.8) is 0 Å². The highest BCUT2D eigenvalue weighted by molar-refractivity contribution is 4.82. The average molecular weight is 240 g/mol. The standard InChI is InChI=1S/C15H32N2/c1-3-5-7-9-14-13-17(11-8-6-4-2)12-10-15(14)16/h14-15H,3-13,16H2,1-2H3. The van der Waals surface area contributed by atoms with Gasteiger partial charge in [0.05, 0.1) is 0 Å². The molecule has 1 aliphatic heterocycles. The Balaban J connectivity index is 2.21. The van der Waals surface area contributed by atoms with Crippen LogP contribution in [0.3, 0.4) is 0 Å². The smallest absolute Gasteiger partial charge is 0.00915 e. The van der Waals surface area contributed by atoms with Crippen molar-refractivity contribution in [1.82, 2.24) is 4.90 Å². The van der Waals surface area contributed by atoms with E-state index in [9.17, 15) is 0 Å². The van der Waals surface area contributed by atoms with Crippen LogP contribution in [-0.2, 0) is 0 Å². The molecule has 1 fully saturated rings. The summed E-state index contributed by atoms with van der Waals surface area (Å²) >= 11 is 0. The molecular formula is C15H32N2. The second-order valence-corrected chi connectivity index (χ2v) is 5.72. The summed E-state index contributed by atoms with van der Waals surface area (Å²) < 4.78 is 0. The van der Waals surface area contributed by atoms with Crippen LogP contribution in [0.2, 0.25) is 0 Å². The van der Waals surface area contributed by atoms with Gasteiger partial charge in [0.15, 0.2) is 0 Å². The number of hydrogen-bond acceptors (Lipinski definition) is 2. The van der Waals surface area contributed by atoms with Crippen molar-refractivity contribution in [3.05, 3.63) is 0 Å². The SMILES string of the molecule is CCCCCC1CN(CCCCC)CCC1N. The second kappa shape index (κ2) is 8.93. The van der Waals surface area contributed by atoms with Gasteiger partial charge in [-0.05, 0) is 38.3 Å². The van der Waals surface area contributed by atoms with Gasteiger partial charge in [-0.1, -0.05) is 46.0 Å². The Morgan fingerprint density at radius 1 is 1.06 bits per heavy atom. The summed E-state index contributed by atoms with van der Waals surface area (Å²) in [7, 11) is 0. The number of unbranched alkanes of at least 4 members (excludes halogenated alkanes) is 4. The highest BCUT2D eigenvalue weighted by atomic mass is 15.1. The van der Waals surface area contributed by atoms with Crippen molar-refractivity contribution in [1.29, 1.82) is 0 Å². The van der Waals surface area contributed by atoms with Crippen molar-refractivity contribution in [2.24, 2.45) is 11.7 Å². The van der Waals surface area contributed by atoms with Crippen LogP contribution in [0, 0.1) is 5.92 Å². The number of nitrogens with two attached hydrogens (primary N) is 1. The predicted octanol–water partition coefficient (Wildman–Crippen LogP) is 3.41. The lowest BCUT2D eigenvalue weighted by Crippen LogP contribution is -2.47. The molecule has 2 N–H and O–H groups in total. The third kappa shape index (κ3) is 5.87. The first-order valence-electron chi connectivity index (χ1n) is 7.75. The zero-order valence-electron chi connectivity index (χ0n) is 12.0. The highest BCUT2D eigenvalue weighted by Crippen LogP contribution is 2.21. The first-order chi connectivity index (χ1) is 8.27. The predicted molar refractivity (Wildman–Crippen MR) is 76.2 cm³/mol. The van der Waals surface area contributed by atoms with Gasteiger partial charge in [0, 0.05) is 12.6 Å². The lowest BCUT2D eigenvalue weighted by atomic mass is 9.88. The molecule has 2 nitrogen and oxygen atoms in total. The molecule has 102 valence electrons. The maximum absolute atomic E-state index is 6.25. The summed E-state index contributed by atoms with van der Waals surface area (Å²) in [6, 6.07) is 0.467. The van der Waals surface area contributed by atoms with E-state index in [0.29, 0.717) is 6.04 Å². The molecule has 0 aliphatic carbocycles. The fourth-order valence-corrected chi connectivity index (χ4v) is 2.88. The van der Waals surface area contributed by atoms with Crippen LogP contribution >= 0.6 is 0 Å². The van der Waals surface area contributed by atoms with Gasteiger partial charge >= 0.3 is 0 Å². The summed E-state index contributed by atoms with van der Waals surface area (Å²) in [6.07, 6.45) is 10.7. The molecule has 1 rings (SSSR count). The molecule has 17 heavy (non-hydrogen) atoms. The molecule has 0 radical (unpaired) electrons. The Kier molecular flexibility index (Phi) is 7.87. The van der Waals surface area contributed by atoms with E-state index < -0.39 is 0 Å². The molecule has 1 saturated heterocycles. The summed E-state index contributed by atoms with van der Waals surface area (Å²) in [5.41, 5.74) is 6.25. The molecule has 0 aromatic carbocycles. The number of hydrogen-bond donors (Lipinski definition) is 1. The van der Waals surface area contributed by atoms with Crippen LogP contribution in [0.4, 0.5) is 0 Å². The fraction of sp³-hybridized carbons (Fsp3) is 1.00. The van der Waals surface area contributed by atoms with Gasteiger partial charge < -0.3 is 10.6 Å². The maximum atomic E-state index is 6.25. The van der Waals surface area contributed by atoms with Gasteiger partial charge in [-0.2, -0.15) is 0 Å². The molecule has 0 amide bonds. The third-order valence-corrected chi connectivity index (χ3v) is 4.13. The van der Waals surface area contributed by atoms with Crippen molar-refractivity contribution >= 4 is 0 Å². The Hall–Kier alpha value is -0.0800. The van der Waals surface area contributed by atoms with Crippen LogP contribution in [0.1, 0.15) is 65.2 Å². The van der Waals surface area contributed by atoms with Gasteiger partial charge in [0.2, 0.25) is 0 Å². The molecule has 0 aromatic rings. The molecule has 0 aromatic heterocycles. The topological polar surface area (TPSA) is 29.3 Å². The Labute approximate surface area is 108 Å². The average Bonchev–Trinajstić information content (AvgIpc) is 2.33. The number of likely N-dealkylation sites (tertiary alicyclic amines) is 1. The first-order valence-corrected chi connectivity index (χ1v) is 7.75. The molecule has 2 heteroatoms. The number of nitrogens with zero attached hydrogens (tertiary/aromatic N) is 1. The zero-order valence-corrected chi connectivity index (χ0v) is 12.0. The number of rotatable bonds is 8. The van der Waals surface area contributed by atoms with Crippen molar-refractivity contribution in [2.75, 3.05) is 19.6 Å². The van der Waals surface area contributed by atoms with Crippen LogP contribution < -0.4 is 5.73 Å². The molecule has 0 spiro atoms. The monoisotopic (exact) mass is 240 g/mol. The Bertz CT molecular complexity index is 182. The van der Waals surface area contributed by atoms with E-state index in [-0.39, 0.29) is 0 Å². The molecule has 2 unspecified atom stereocenters. The van der Waals surface area contributed by atoms with E-state index in [2.05, 4.69) is 18.7 Å². The molecule has 0 saturated carbocycles. The van der Waals surface area contributed by atoms with Crippen molar-refractivity contribution in [3.8, 4) is 0 Å². The lowest BCUT2D eigenvalue weighted by Gasteiger charge is -2.37. The normalized spacial score (nSPS) is 26.3. The van der Waals surface area contributed by atoms with E-state index in [1.54, 1.807) is 0 Å². The molecule has 1 heterocycles. The van der Waals surface area contributed by atoms with Gasteiger partial charge in [-0.3, -0.25) is 0 Å². The highest BCUT2D eigenvalue weighted by Gasteiger charge is 2.25. The van der Waals surface area contributed by atoms with Gasteiger partial charge in [0.25, 0.3) is 0 Å². The van der Waals surface area contributed by atoms with E-state index in [0.717, 1.165) is 5.92 Å². The van der Waals surface area contributed by atoms with Crippen molar-refractivity contribution in [2.45, 2.75) is 71.3 Å². The van der Waals surface area contributed by atoms with Crippen LogP contribution in [0.15, 0.2) is 0 Å². The lowest BCUT2D eigenvalue weighted by molar-refractivity contribution is 0.145. The summed E-state index contributed by atoms with van der Waals surface area (Å²) in [5.74, 6) is 0.761. The summed E-state index contributed by atoms with van der Waals surface area (Å²) in [5, 5.41) is 0. The van der Waals surface area contributed by atoms with E-state index in [4.69, 9.17) is 5.73 Å². The minimum Gasteiger partial charge on any atom is -0.327 e. The van der Waals surface area contributed by atoms with Gasteiger partial charge in [-0.15, -0.1) is 0 Å². The minimum atomic E-state index is 0.467. The quantitative estimate of drug-likeness (QED) is 0.659. The molecular weight excluding hydrogens is 208 g/mol. The van der Waals surface area contributed by atoms with Gasteiger partial charge in [0.1, 0.15) is 0 Å². The Morgan fingerprint density at radius 3 is 2.47 bits per heavy atom. The van der Waals surface area contributed by atoms with E-state index in [1.807, 2.05) is 0 Å². The maximum Gasteiger partial charge on any atom is 0.00915 e. The summed E-state index contributed by atoms with van der Waals surface area (Å²) in [6.45, 7) is 8.34. The van der Waals surface area contributed by atoms with Gasteiger partial charge in [-0.25, -0.2) is 0 Å². The summed E-state index contributed by atoms with van der Waals surface area (Å²) in [4.78, 5) is 2.65. The number of piperidine rings is 1. The zero-order chi connectivity index (χ0) is 12.5. The minimum absolute atomic E-state index is 0.467. The third-order valence-electron chi connectivity index (χ3n) is 4.13. The van der Waals surface area contributed by atoms with Crippen LogP contribution in [0.25, 0.3) is 0 Å². The van der Waals surface area contributed by atoms with E-state index in [1.165, 1.54) is 71.0 Å². The van der Waals surface area contributed by atoms with E-state index >= 15 is 0 Å². The Morgan fingerprint density at radius 2 is 1.76 bits per heavy atom. The molecule has 1 aliphatic rings. The van der Waals surface area contributed by atoms with Crippen LogP contribution in [0.5, 0.6) is 0 Å². The first kappa shape index (κ1) is 15.0. The largest absolute Gasteiger partial charge is 0.327 e. The van der Waals surface area contributed by atoms with Crippen molar-refractivity contribution < 1.29 is 0 Å². The molecule has 2 atom stereocenters. The molecule has 0 bridgehead atoms. The fourth-order valence-electron chi connectivity index (χ4n) is 2.88. The van der Waals surface area contributed by atoms with Crippen LogP contribution in [-0.4, -0.2) is 30.6 Å².